The van der Waals surface area contributed by atoms with Crippen molar-refractivity contribution in [2.24, 2.45) is 10.7 Å². The average Bonchev–Trinajstić information content (AvgIpc) is 2.46. The highest BCUT2D eigenvalue weighted by molar-refractivity contribution is 5.96. The number of alkyl halides is 3. The lowest BCUT2D eigenvalue weighted by Crippen LogP contribution is -2.14. The molecule has 1 aromatic carbocycles. The SMILES string of the molecule is C=C/C(=C(\N=C(C)N)c1ccc(C)c2cccnc12)C(F)(F)F. The predicted molar refractivity (Wildman–Crippen MR) is 86.9 cm³/mol. The van der Waals surface area contributed by atoms with Crippen LogP contribution in [0.2, 0.25) is 0 Å². The zero-order valence-electron chi connectivity index (χ0n) is 12.8. The predicted octanol–water partition coefficient (Wildman–Crippen LogP) is 4.38. The molecule has 0 bridgehead atoms. The minimum atomic E-state index is -4.60. The Morgan fingerprint density at radius 1 is 1.30 bits per heavy atom. The smallest absolute Gasteiger partial charge is 0.387 e. The van der Waals surface area contributed by atoms with Gasteiger partial charge in [-0.1, -0.05) is 30.9 Å². The Morgan fingerprint density at radius 2 is 2.00 bits per heavy atom. The molecular weight excluding hydrogens is 303 g/mol. The van der Waals surface area contributed by atoms with Crippen LogP contribution in [-0.2, 0) is 0 Å². The van der Waals surface area contributed by atoms with Crippen molar-refractivity contribution in [3.8, 4) is 0 Å². The number of rotatable bonds is 3. The molecule has 23 heavy (non-hydrogen) atoms. The van der Waals surface area contributed by atoms with E-state index in [-0.39, 0.29) is 17.1 Å². The third-order valence-corrected chi connectivity index (χ3v) is 3.30. The van der Waals surface area contributed by atoms with E-state index in [9.17, 15) is 13.2 Å². The minimum absolute atomic E-state index is 0.0215. The van der Waals surface area contributed by atoms with Gasteiger partial charge < -0.3 is 5.73 Å². The molecule has 3 nitrogen and oxygen atoms in total. The molecule has 0 saturated heterocycles. The number of benzene rings is 1. The summed E-state index contributed by atoms with van der Waals surface area (Å²) in [6.45, 7) is 6.57. The fourth-order valence-electron chi connectivity index (χ4n) is 2.29. The summed E-state index contributed by atoms with van der Waals surface area (Å²) in [4.78, 5) is 8.13. The van der Waals surface area contributed by atoms with E-state index in [1.165, 1.54) is 13.1 Å². The number of amidine groups is 1. The fourth-order valence-corrected chi connectivity index (χ4v) is 2.29. The highest BCUT2D eigenvalue weighted by atomic mass is 19.4. The highest BCUT2D eigenvalue weighted by Crippen LogP contribution is 2.36. The van der Waals surface area contributed by atoms with Crippen LogP contribution in [0, 0.1) is 6.92 Å². The van der Waals surface area contributed by atoms with E-state index < -0.39 is 11.7 Å². The molecule has 0 atom stereocenters. The van der Waals surface area contributed by atoms with Crippen molar-refractivity contribution in [2.45, 2.75) is 20.0 Å². The van der Waals surface area contributed by atoms with Crippen LogP contribution < -0.4 is 5.73 Å². The summed E-state index contributed by atoms with van der Waals surface area (Å²) in [6.07, 6.45) is -2.32. The van der Waals surface area contributed by atoms with Crippen LogP contribution in [0.3, 0.4) is 0 Å². The number of allylic oxidation sites excluding steroid dienone is 2. The van der Waals surface area contributed by atoms with Crippen LogP contribution in [0.1, 0.15) is 18.1 Å². The molecule has 2 aromatic rings. The third-order valence-electron chi connectivity index (χ3n) is 3.30. The molecule has 2 N–H and O–H groups in total. The molecule has 2 rings (SSSR count). The summed E-state index contributed by atoms with van der Waals surface area (Å²) >= 11 is 0. The number of aryl methyl sites for hydroxylation is 1. The maximum Gasteiger partial charge on any atom is 0.418 e. The van der Waals surface area contributed by atoms with Crippen LogP contribution in [0.15, 0.2) is 53.7 Å². The number of pyridine rings is 1. The van der Waals surface area contributed by atoms with Crippen molar-refractivity contribution < 1.29 is 13.2 Å². The van der Waals surface area contributed by atoms with Crippen LogP contribution in [-0.4, -0.2) is 17.0 Å². The lowest BCUT2D eigenvalue weighted by molar-refractivity contribution is -0.0876. The minimum Gasteiger partial charge on any atom is -0.387 e. The topological polar surface area (TPSA) is 51.3 Å². The number of fused-ring (bicyclic) bond motifs is 1. The normalized spacial score (nSPS) is 13.9. The number of nitrogens with zero attached hydrogens (tertiary/aromatic N) is 2. The van der Waals surface area contributed by atoms with Crippen molar-refractivity contribution in [3.05, 3.63) is 59.8 Å². The Hall–Kier alpha value is -2.63. The molecule has 6 heteroatoms. The highest BCUT2D eigenvalue weighted by Gasteiger charge is 2.35. The van der Waals surface area contributed by atoms with Gasteiger partial charge in [0.2, 0.25) is 0 Å². The molecule has 1 heterocycles. The van der Waals surface area contributed by atoms with Gasteiger partial charge in [-0.25, -0.2) is 4.99 Å². The third kappa shape index (κ3) is 3.41. The van der Waals surface area contributed by atoms with Gasteiger partial charge in [0.25, 0.3) is 0 Å². The molecule has 0 aliphatic rings. The number of halogens is 3. The van der Waals surface area contributed by atoms with Crippen LogP contribution in [0.5, 0.6) is 0 Å². The lowest BCUT2D eigenvalue weighted by atomic mass is 9.99. The first-order valence-electron chi connectivity index (χ1n) is 6.85. The van der Waals surface area contributed by atoms with Crippen LogP contribution in [0.4, 0.5) is 13.2 Å². The summed E-state index contributed by atoms with van der Waals surface area (Å²) in [5.74, 6) is 0.0215. The number of aliphatic imine (C=N–C) groups is 1. The fraction of sp³-hybridized carbons (Fsp3) is 0.176. The largest absolute Gasteiger partial charge is 0.418 e. The Labute approximate surface area is 132 Å². The van der Waals surface area contributed by atoms with Gasteiger partial charge in [0.05, 0.1) is 22.6 Å². The monoisotopic (exact) mass is 319 g/mol. The van der Waals surface area contributed by atoms with Crippen molar-refractivity contribution in [3.63, 3.8) is 0 Å². The zero-order valence-corrected chi connectivity index (χ0v) is 12.8. The van der Waals surface area contributed by atoms with Gasteiger partial charge in [-0.3, -0.25) is 4.98 Å². The summed E-state index contributed by atoms with van der Waals surface area (Å²) in [5, 5.41) is 0.762. The second-order valence-corrected chi connectivity index (χ2v) is 5.05. The van der Waals surface area contributed by atoms with Gasteiger partial charge in [-0.2, -0.15) is 13.2 Å². The van der Waals surface area contributed by atoms with Crippen LogP contribution in [0.25, 0.3) is 16.6 Å². The number of nitrogens with two attached hydrogens (primary N) is 1. The standard InChI is InChI=1S/C17H16F3N3/c1-4-14(17(18,19)20)16(23-11(3)21)13-8-7-10(2)12-6-5-9-22-15(12)13/h4-9H,1H2,2-3H3,(H2,21,23)/b16-14+. The second-order valence-electron chi connectivity index (χ2n) is 5.05. The summed E-state index contributed by atoms with van der Waals surface area (Å²) in [7, 11) is 0. The quantitative estimate of drug-likeness (QED) is 0.518. The Kier molecular flexibility index (Phi) is 4.54. The number of hydrogen-bond donors (Lipinski definition) is 1. The van der Waals surface area contributed by atoms with Crippen molar-refractivity contribution >= 4 is 22.4 Å². The number of aromatic nitrogens is 1. The first-order valence-corrected chi connectivity index (χ1v) is 6.85. The van der Waals surface area contributed by atoms with Gasteiger partial charge in [0.1, 0.15) is 0 Å². The summed E-state index contributed by atoms with van der Waals surface area (Å²) in [6, 6.07) is 6.84. The van der Waals surface area contributed by atoms with E-state index in [1.807, 2.05) is 6.92 Å². The van der Waals surface area contributed by atoms with Gasteiger partial charge in [0.15, 0.2) is 0 Å². The van der Waals surface area contributed by atoms with Crippen molar-refractivity contribution in [1.29, 1.82) is 0 Å². The molecule has 0 aliphatic heterocycles. The second kappa shape index (κ2) is 6.24. The van der Waals surface area contributed by atoms with E-state index in [0.29, 0.717) is 5.52 Å². The number of hydrogen-bond acceptors (Lipinski definition) is 2. The Bertz CT molecular complexity index is 813. The molecule has 0 fully saturated rings. The maximum absolute atomic E-state index is 13.3. The zero-order chi connectivity index (χ0) is 17.2. The van der Waals surface area contributed by atoms with Crippen LogP contribution >= 0.6 is 0 Å². The van der Waals surface area contributed by atoms with E-state index >= 15 is 0 Å². The lowest BCUT2D eigenvalue weighted by Gasteiger charge is -2.15. The van der Waals surface area contributed by atoms with Crippen molar-refractivity contribution in [1.82, 2.24) is 4.98 Å². The first kappa shape index (κ1) is 16.7. The maximum atomic E-state index is 13.3. The molecule has 120 valence electrons. The van der Waals surface area contributed by atoms with E-state index in [4.69, 9.17) is 5.73 Å². The molecule has 0 spiro atoms. The van der Waals surface area contributed by atoms with E-state index in [2.05, 4.69) is 16.6 Å². The molecule has 0 unspecified atom stereocenters. The molecule has 0 saturated carbocycles. The van der Waals surface area contributed by atoms with Gasteiger partial charge in [-0.15, -0.1) is 0 Å². The van der Waals surface area contributed by atoms with E-state index in [1.54, 1.807) is 24.3 Å². The average molecular weight is 319 g/mol. The summed E-state index contributed by atoms with van der Waals surface area (Å²) < 4.78 is 40.0. The van der Waals surface area contributed by atoms with E-state index in [0.717, 1.165) is 17.0 Å². The molecular formula is C17H16F3N3. The van der Waals surface area contributed by atoms with Gasteiger partial charge in [0, 0.05) is 17.1 Å². The first-order chi connectivity index (χ1) is 10.8. The summed E-state index contributed by atoms with van der Waals surface area (Å²) in [5.41, 5.74) is 5.93. The van der Waals surface area contributed by atoms with Crippen molar-refractivity contribution in [2.75, 3.05) is 0 Å². The van der Waals surface area contributed by atoms with Gasteiger partial charge in [-0.05, 0) is 25.5 Å². The molecule has 0 amide bonds. The molecule has 1 aromatic heterocycles. The molecule has 0 aliphatic carbocycles. The van der Waals surface area contributed by atoms with Gasteiger partial charge >= 0.3 is 6.18 Å². The molecule has 0 radical (unpaired) electrons. The Morgan fingerprint density at radius 3 is 2.57 bits per heavy atom. The Balaban J connectivity index is 2.92.